The second-order valence-corrected chi connectivity index (χ2v) is 4.86. The van der Waals surface area contributed by atoms with Gasteiger partial charge in [0.2, 0.25) is 0 Å². The van der Waals surface area contributed by atoms with Crippen molar-refractivity contribution in [1.82, 2.24) is 19.5 Å². The Morgan fingerprint density at radius 3 is 2.91 bits per heavy atom. The zero-order chi connectivity index (χ0) is 15.8. The van der Waals surface area contributed by atoms with E-state index in [0.717, 1.165) is 36.6 Å². The number of imidazole rings is 1. The van der Waals surface area contributed by atoms with Crippen LogP contribution in [0.25, 0.3) is 5.57 Å². The molecule has 0 spiro atoms. The first kappa shape index (κ1) is 15.7. The van der Waals surface area contributed by atoms with Gasteiger partial charge in [-0.3, -0.25) is 0 Å². The quantitative estimate of drug-likeness (QED) is 0.600. The van der Waals surface area contributed by atoms with Crippen LogP contribution in [0.1, 0.15) is 17.9 Å². The Morgan fingerprint density at radius 1 is 1.36 bits per heavy atom. The van der Waals surface area contributed by atoms with Crippen molar-refractivity contribution >= 4 is 11.4 Å². The second-order valence-electron chi connectivity index (χ2n) is 4.86. The van der Waals surface area contributed by atoms with Gasteiger partial charge in [-0.05, 0) is 13.3 Å². The van der Waals surface area contributed by atoms with Crippen molar-refractivity contribution in [2.45, 2.75) is 19.9 Å². The zero-order valence-corrected chi connectivity index (χ0v) is 12.9. The van der Waals surface area contributed by atoms with Crippen LogP contribution < -0.4 is 5.32 Å². The molecule has 2 aromatic heterocycles. The Morgan fingerprint density at radius 2 is 2.23 bits per heavy atom. The van der Waals surface area contributed by atoms with E-state index in [1.54, 1.807) is 18.3 Å². The van der Waals surface area contributed by atoms with Crippen LogP contribution >= 0.6 is 0 Å². The average Bonchev–Trinajstić information content (AvgIpc) is 3.02. The molecule has 2 rings (SSSR count). The van der Waals surface area contributed by atoms with E-state index < -0.39 is 0 Å². The summed E-state index contributed by atoms with van der Waals surface area (Å²) in [5.41, 5.74) is 1.78. The lowest BCUT2D eigenvalue weighted by atomic mass is 10.2. The predicted octanol–water partition coefficient (Wildman–Crippen LogP) is 3.24. The Balaban J connectivity index is 1.98. The van der Waals surface area contributed by atoms with E-state index in [2.05, 4.69) is 38.0 Å². The fraction of sp³-hybridized carbons (Fsp3) is 0.235. The third kappa shape index (κ3) is 4.41. The first-order valence-corrected chi connectivity index (χ1v) is 7.23. The van der Waals surface area contributed by atoms with E-state index in [1.165, 1.54) is 0 Å². The summed E-state index contributed by atoms with van der Waals surface area (Å²) in [5, 5.41) is 3.34. The van der Waals surface area contributed by atoms with Crippen LogP contribution in [0.5, 0.6) is 0 Å². The van der Waals surface area contributed by atoms with Crippen molar-refractivity contribution in [2.24, 2.45) is 0 Å². The van der Waals surface area contributed by atoms with E-state index in [0.29, 0.717) is 5.82 Å². The average molecular weight is 295 g/mol. The molecule has 2 heterocycles. The van der Waals surface area contributed by atoms with Gasteiger partial charge in [0.25, 0.3) is 0 Å². The summed E-state index contributed by atoms with van der Waals surface area (Å²) in [5.74, 6) is 1.48. The number of hydrogen-bond acceptors (Lipinski definition) is 4. The third-order valence-electron chi connectivity index (χ3n) is 3.09. The van der Waals surface area contributed by atoms with Gasteiger partial charge in [0.1, 0.15) is 5.82 Å². The van der Waals surface area contributed by atoms with Crippen molar-refractivity contribution in [1.29, 1.82) is 0 Å². The number of nitrogens with one attached hydrogen (secondary N) is 1. The monoisotopic (exact) mass is 295 g/mol. The van der Waals surface area contributed by atoms with E-state index in [1.807, 2.05) is 31.6 Å². The van der Waals surface area contributed by atoms with Crippen LogP contribution in [-0.4, -0.2) is 26.1 Å². The number of nitrogens with zero attached hydrogens (tertiary/aromatic N) is 4. The van der Waals surface area contributed by atoms with Crippen molar-refractivity contribution in [2.75, 3.05) is 11.9 Å². The fourth-order valence-electron chi connectivity index (χ4n) is 2.05. The lowest BCUT2D eigenvalue weighted by molar-refractivity contribution is 0.660. The SMILES string of the molecule is C=C/C=C(\C=C)c1nc(C)cc(NCCCn2ccnc2)n1. The summed E-state index contributed by atoms with van der Waals surface area (Å²) >= 11 is 0. The summed E-state index contributed by atoms with van der Waals surface area (Å²) in [4.78, 5) is 13.0. The highest BCUT2D eigenvalue weighted by atomic mass is 15.0. The molecule has 5 nitrogen and oxygen atoms in total. The molecule has 2 aromatic rings. The van der Waals surface area contributed by atoms with Crippen LogP contribution in [0.3, 0.4) is 0 Å². The molecule has 22 heavy (non-hydrogen) atoms. The number of rotatable bonds is 8. The van der Waals surface area contributed by atoms with Gasteiger partial charge in [0.15, 0.2) is 5.82 Å². The summed E-state index contributed by atoms with van der Waals surface area (Å²) in [6.07, 6.45) is 11.9. The van der Waals surface area contributed by atoms with Crippen molar-refractivity contribution in [3.8, 4) is 0 Å². The predicted molar refractivity (Wildman–Crippen MR) is 90.5 cm³/mol. The lowest BCUT2D eigenvalue weighted by Crippen LogP contribution is -2.08. The van der Waals surface area contributed by atoms with Gasteiger partial charge in [-0.1, -0.05) is 31.4 Å². The molecule has 114 valence electrons. The summed E-state index contributed by atoms with van der Waals surface area (Å²) < 4.78 is 2.06. The molecule has 0 fully saturated rings. The highest BCUT2D eigenvalue weighted by Gasteiger charge is 2.04. The first-order valence-electron chi connectivity index (χ1n) is 7.23. The molecule has 0 aliphatic rings. The molecule has 5 heteroatoms. The van der Waals surface area contributed by atoms with Gasteiger partial charge >= 0.3 is 0 Å². The molecule has 0 saturated heterocycles. The molecule has 1 N–H and O–H groups in total. The number of aryl methyl sites for hydroxylation is 2. The van der Waals surface area contributed by atoms with Crippen molar-refractivity contribution in [3.63, 3.8) is 0 Å². The maximum absolute atomic E-state index is 4.53. The minimum atomic E-state index is 0.659. The number of aromatic nitrogens is 4. The van der Waals surface area contributed by atoms with Crippen LogP contribution in [0.2, 0.25) is 0 Å². The van der Waals surface area contributed by atoms with Gasteiger partial charge in [-0.25, -0.2) is 15.0 Å². The smallest absolute Gasteiger partial charge is 0.161 e. The largest absolute Gasteiger partial charge is 0.370 e. The molecule has 0 atom stereocenters. The molecule has 0 aliphatic carbocycles. The Kier molecular flexibility index (Phi) is 5.65. The van der Waals surface area contributed by atoms with Crippen molar-refractivity contribution in [3.05, 3.63) is 67.7 Å². The molecule has 0 aromatic carbocycles. The van der Waals surface area contributed by atoms with E-state index in [9.17, 15) is 0 Å². The van der Waals surface area contributed by atoms with Crippen molar-refractivity contribution < 1.29 is 0 Å². The fourth-order valence-corrected chi connectivity index (χ4v) is 2.05. The Labute approximate surface area is 131 Å². The van der Waals surface area contributed by atoms with Gasteiger partial charge in [-0.15, -0.1) is 0 Å². The van der Waals surface area contributed by atoms with Crippen LogP contribution in [-0.2, 0) is 6.54 Å². The Hall–Kier alpha value is -2.69. The molecule has 0 unspecified atom stereocenters. The topological polar surface area (TPSA) is 55.6 Å². The maximum Gasteiger partial charge on any atom is 0.161 e. The molecule has 0 aliphatic heterocycles. The summed E-state index contributed by atoms with van der Waals surface area (Å²) in [6.45, 7) is 11.2. The van der Waals surface area contributed by atoms with Gasteiger partial charge in [0, 0.05) is 42.8 Å². The Bertz CT molecular complexity index is 656. The van der Waals surface area contributed by atoms with Gasteiger partial charge in [0.05, 0.1) is 6.33 Å². The maximum atomic E-state index is 4.53. The molecule has 0 radical (unpaired) electrons. The van der Waals surface area contributed by atoms with Crippen LogP contribution in [0.15, 0.2) is 56.2 Å². The number of anilines is 1. The van der Waals surface area contributed by atoms with E-state index in [-0.39, 0.29) is 0 Å². The molecule has 0 amide bonds. The molecular formula is C17H21N5. The van der Waals surface area contributed by atoms with Crippen LogP contribution in [0, 0.1) is 6.92 Å². The molecular weight excluding hydrogens is 274 g/mol. The normalized spacial score (nSPS) is 11.2. The van der Waals surface area contributed by atoms with Gasteiger partial charge < -0.3 is 9.88 Å². The minimum absolute atomic E-state index is 0.659. The number of hydrogen-bond donors (Lipinski definition) is 1. The number of allylic oxidation sites excluding steroid dienone is 4. The first-order chi connectivity index (χ1) is 10.7. The third-order valence-corrected chi connectivity index (χ3v) is 3.09. The summed E-state index contributed by atoms with van der Waals surface area (Å²) in [6, 6.07) is 1.94. The summed E-state index contributed by atoms with van der Waals surface area (Å²) in [7, 11) is 0. The lowest BCUT2D eigenvalue weighted by Gasteiger charge is -2.09. The molecule has 0 saturated carbocycles. The minimum Gasteiger partial charge on any atom is -0.370 e. The van der Waals surface area contributed by atoms with Gasteiger partial charge in [-0.2, -0.15) is 0 Å². The second kappa shape index (κ2) is 7.93. The van der Waals surface area contributed by atoms with Crippen LogP contribution in [0.4, 0.5) is 5.82 Å². The zero-order valence-electron chi connectivity index (χ0n) is 12.9. The van der Waals surface area contributed by atoms with E-state index in [4.69, 9.17) is 0 Å². The standard InChI is InChI=1S/C17H21N5/c1-4-7-15(5-2)17-20-14(3)12-16(21-17)19-8-6-10-22-11-9-18-13-22/h4-5,7,9,11-13H,1-2,6,8,10H2,3H3,(H,19,20,21)/b15-7+. The molecule has 0 bridgehead atoms. The highest BCUT2D eigenvalue weighted by Crippen LogP contribution is 2.15. The highest BCUT2D eigenvalue weighted by molar-refractivity contribution is 5.70. The van der Waals surface area contributed by atoms with E-state index >= 15 is 0 Å².